The molecule has 144 valence electrons. The summed E-state index contributed by atoms with van der Waals surface area (Å²) in [4.78, 5) is 22.8. The molecule has 26 heavy (non-hydrogen) atoms. The second-order valence-electron chi connectivity index (χ2n) is 10.4. The minimum Gasteiger partial charge on any atom is -0.303 e. The molecule has 0 spiro atoms. The first-order valence-corrected chi connectivity index (χ1v) is 11.0. The van der Waals surface area contributed by atoms with Crippen molar-refractivity contribution in [1.82, 2.24) is 0 Å². The highest BCUT2D eigenvalue weighted by molar-refractivity contribution is 5.82. The summed E-state index contributed by atoms with van der Waals surface area (Å²) in [5, 5.41) is 0. The van der Waals surface area contributed by atoms with Crippen LogP contribution in [-0.4, -0.2) is 12.1 Å². The van der Waals surface area contributed by atoms with E-state index in [0.29, 0.717) is 22.5 Å². The van der Waals surface area contributed by atoms with E-state index in [0.717, 1.165) is 62.1 Å². The number of Topliss-reactive ketones (excluding diaryl/α,β-unsaturated/α-hetero) is 1. The molecule has 0 aromatic rings. The Morgan fingerprint density at radius 1 is 1.19 bits per heavy atom. The molecule has 0 bridgehead atoms. The summed E-state index contributed by atoms with van der Waals surface area (Å²) in [6.07, 6.45) is 14.6. The van der Waals surface area contributed by atoms with Crippen molar-refractivity contribution in [3.63, 3.8) is 0 Å². The summed E-state index contributed by atoms with van der Waals surface area (Å²) in [6, 6.07) is 0. The molecule has 0 unspecified atom stereocenters. The fourth-order valence-electron chi connectivity index (χ4n) is 7.98. The predicted molar refractivity (Wildman–Crippen MR) is 105 cm³/mol. The number of fused-ring (bicyclic) bond motifs is 5. The van der Waals surface area contributed by atoms with Crippen LogP contribution < -0.4 is 0 Å². The molecule has 0 N–H and O–H groups in total. The lowest BCUT2D eigenvalue weighted by molar-refractivity contribution is -0.122. The van der Waals surface area contributed by atoms with E-state index < -0.39 is 0 Å². The van der Waals surface area contributed by atoms with Gasteiger partial charge in [0.25, 0.3) is 0 Å². The van der Waals surface area contributed by atoms with Crippen LogP contribution >= 0.6 is 0 Å². The Labute approximate surface area is 159 Å². The Bertz CT molecular complexity index is 620. The summed E-state index contributed by atoms with van der Waals surface area (Å²) in [7, 11) is 0. The van der Waals surface area contributed by atoms with Crippen molar-refractivity contribution < 1.29 is 9.59 Å². The largest absolute Gasteiger partial charge is 0.303 e. The SMILES string of the molecule is C[C@H](CCC=O)[C@H]1CC[C@H]2[C@@H]3CC=C4CC(=O)CC[C@]4(C)[C@H]3CC[C@]12C. The topological polar surface area (TPSA) is 34.1 Å². The number of hydrogen-bond acceptors (Lipinski definition) is 2. The van der Waals surface area contributed by atoms with Crippen molar-refractivity contribution in [1.29, 1.82) is 0 Å². The average molecular weight is 357 g/mol. The highest BCUT2D eigenvalue weighted by atomic mass is 16.1. The average Bonchev–Trinajstić information content (AvgIpc) is 2.97. The minimum atomic E-state index is 0.291. The number of carbonyl (C=O) groups is 2. The molecule has 2 nitrogen and oxygen atoms in total. The van der Waals surface area contributed by atoms with Crippen LogP contribution in [-0.2, 0) is 9.59 Å². The van der Waals surface area contributed by atoms with Gasteiger partial charge in [0.15, 0.2) is 0 Å². The summed E-state index contributed by atoms with van der Waals surface area (Å²) < 4.78 is 0. The smallest absolute Gasteiger partial charge is 0.136 e. The molecule has 4 aliphatic rings. The molecule has 0 aliphatic heterocycles. The van der Waals surface area contributed by atoms with Gasteiger partial charge in [0.05, 0.1) is 0 Å². The first kappa shape index (κ1) is 18.4. The van der Waals surface area contributed by atoms with E-state index in [-0.39, 0.29) is 0 Å². The van der Waals surface area contributed by atoms with E-state index in [4.69, 9.17) is 0 Å². The molecule has 0 amide bonds. The van der Waals surface area contributed by atoms with Crippen molar-refractivity contribution in [3.8, 4) is 0 Å². The van der Waals surface area contributed by atoms with Crippen molar-refractivity contribution in [2.24, 2.45) is 40.4 Å². The Kier molecular flexibility index (Phi) is 4.68. The molecule has 7 atom stereocenters. The number of carbonyl (C=O) groups excluding carboxylic acids is 2. The minimum absolute atomic E-state index is 0.291. The maximum absolute atomic E-state index is 12.0. The Balaban J connectivity index is 1.58. The van der Waals surface area contributed by atoms with Gasteiger partial charge in [-0.2, -0.15) is 0 Å². The lowest BCUT2D eigenvalue weighted by atomic mass is 9.47. The molecule has 3 saturated carbocycles. The van der Waals surface area contributed by atoms with Gasteiger partial charge < -0.3 is 4.79 Å². The third-order valence-electron chi connectivity index (χ3n) is 9.44. The van der Waals surface area contributed by atoms with Crippen LogP contribution in [0.5, 0.6) is 0 Å². The fraction of sp³-hybridized carbons (Fsp3) is 0.833. The van der Waals surface area contributed by atoms with Gasteiger partial charge in [-0.25, -0.2) is 0 Å². The molecule has 4 aliphatic carbocycles. The second kappa shape index (κ2) is 6.60. The van der Waals surface area contributed by atoms with Crippen LogP contribution in [0.1, 0.15) is 85.0 Å². The van der Waals surface area contributed by atoms with Crippen molar-refractivity contribution in [3.05, 3.63) is 11.6 Å². The molecule has 0 aromatic heterocycles. The lowest BCUT2D eigenvalue weighted by Crippen LogP contribution is -2.50. The quantitative estimate of drug-likeness (QED) is 0.475. The maximum atomic E-state index is 12.0. The van der Waals surface area contributed by atoms with Crippen LogP contribution in [0.15, 0.2) is 11.6 Å². The van der Waals surface area contributed by atoms with E-state index in [1.165, 1.54) is 37.7 Å². The van der Waals surface area contributed by atoms with Crippen LogP contribution in [0.4, 0.5) is 0 Å². The van der Waals surface area contributed by atoms with Crippen molar-refractivity contribution in [2.75, 3.05) is 0 Å². The normalized spacial score (nSPS) is 46.0. The van der Waals surface area contributed by atoms with Gasteiger partial charge >= 0.3 is 0 Å². The van der Waals surface area contributed by atoms with Gasteiger partial charge in [0.2, 0.25) is 0 Å². The molecular weight excluding hydrogens is 320 g/mol. The number of aldehydes is 1. The molecule has 4 rings (SSSR count). The fourth-order valence-corrected chi connectivity index (χ4v) is 7.98. The maximum Gasteiger partial charge on any atom is 0.136 e. The van der Waals surface area contributed by atoms with Gasteiger partial charge in [0.1, 0.15) is 12.1 Å². The third-order valence-corrected chi connectivity index (χ3v) is 9.44. The highest BCUT2D eigenvalue weighted by Gasteiger charge is 2.59. The number of ketones is 1. The van der Waals surface area contributed by atoms with E-state index in [2.05, 4.69) is 26.8 Å². The summed E-state index contributed by atoms with van der Waals surface area (Å²) in [5.74, 6) is 4.37. The van der Waals surface area contributed by atoms with E-state index in [9.17, 15) is 9.59 Å². The predicted octanol–water partition coefficient (Wildman–Crippen LogP) is 5.75. The first-order valence-electron chi connectivity index (χ1n) is 11.0. The third kappa shape index (κ3) is 2.66. The molecule has 0 radical (unpaired) electrons. The summed E-state index contributed by atoms with van der Waals surface area (Å²) in [6.45, 7) is 7.44. The summed E-state index contributed by atoms with van der Waals surface area (Å²) >= 11 is 0. The molecule has 0 heterocycles. The molecular formula is C24H36O2. The van der Waals surface area contributed by atoms with Crippen molar-refractivity contribution >= 4 is 12.1 Å². The second-order valence-corrected chi connectivity index (χ2v) is 10.4. The van der Waals surface area contributed by atoms with Gasteiger partial charge in [-0.3, -0.25) is 4.79 Å². The Morgan fingerprint density at radius 3 is 2.77 bits per heavy atom. The first-order chi connectivity index (χ1) is 12.4. The van der Waals surface area contributed by atoms with Gasteiger partial charge in [0, 0.05) is 19.3 Å². The molecule has 0 aromatic carbocycles. The number of allylic oxidation sites excluding steroid dienone is 2. The highest BCUT2D eigenvalue weighted by Crippen LogP contribution is 2.67. The monoisotopic (exact) mass is 356 g/mol. The number of rotatable bonds is 4. The van der Waals surface area contributed by atoms with E-state index in [1.54, 1.807) is 0 Å². The zero-order valence-corrected chi connectivity index (χ0v) is 16.9. The Morgan fingerprint density at radius 2 is 2.00 bits per heavy atom. The van der Waals surface area contributed by atoms with Crippen LogP contribution in [0.25, 0.3) is 0 Å². The van der Waals surface area contributed by atoms with E-state index in [1.807, 2.05) is 0 Å². The van der Waals surface area contributed by atoms with E-state index >= 15 is 0 Å². The van der Waals surface area contributed by atoms with Gasteiger partial charge in [-0.15, -0.1) is 0 Å². The van der Waals surface area contributed by atoms with Crippen molar-refractivity contribution in [2.45, 2.75) is 85.0 Å². The van der Waals surface area contributed by atoms with Crippen LogP contribution in [0.3, 0.4) is 0 Å². The zero-order chi connectivity index (χ0) is 18.5. The lowest BCUT2D eigenvalue weighted by Gasteiger charge is -2.58. The van der Waals surface area contributed by atoms with Crippen LogP contribution in [0, 0.1) is 40.4 Å². The molecule has 2 heteroatoms. The summed E-state index contributed by atoms with van der Waals surface area (Å²) in [5.41, 5.74) is 2.24. The van der Waals surface area contributed by atoms with Crippen LogP contribution in [0.2, 0.25) is 0 Å². The standard InChI is InChI=1S/C24H36O2/c1-16(5-4-14-25)20-8-9-21-19-7-6-17-15-18(26)10-12-23(17,2)22(19)11-13-24(20,21)3/h6,14,16,19-22H,4-5,7-13,15H2,1-3H3/t16-,19+,20-,21+,22+,23+,24-/m1/s1. The zero-order valence-electron chi connectivity index (χ0n) is 16.9. The Hall–Kier alpha value is -0.920. The number of hydrogen-bond donors (Lipinski definition) is 0. The molecule has 0 saturated heterocycles. The molecule has 3 fully saturated rings. The van der Waals surface area contributed by atoms with Gasteiger partial charge in [-0.1, -0.05) is 32.4 Å². The van der Waals surface area contributed by atoms with Gasteiger partial charge in [-0.05, 0) is 85.4 Å².